The van der Waals surface area contributed by atoms with Crippen LogP contribution in [0.25, 0.3) is 11.3 Å². The van der Waals surface area contributed by atoms with Gasteiger partial charge in [-0.15, -0.1) is 0 Å². The number of hydrogen-bond donors (Lipinski definition) is 1. The lowest BCUT2D eigenvalue weighted by Gasteiger charge is -2.11. The van der Waals surface area contributed by atoms with Crippen molar-refractivity contribution in [3.05, 3.63) is 42.1 Å². The highest BCUT2D eigenvalue weighted by Gasteiger charge is 2.04. The molecule has 0 aliphatic carbocycles. The third-order valence-electron chi connectivity index (χ3n) is 2.96. The van der Waals surface area contributed by atoms with Gasteiger partial charge in [-0.2, -0.15) is 5.10 Å². The largest absolute Gasteiger partial charge is 0.313 e. The molecule has 2 rings (SSSR count). The van der Waals surface area contributed by atoms with E-state index in [-0.39, 0.29) is 0 Å². The smallest absolute Gasteiger partial charge is 0.0678 e. The molecule has 0 amide bonds. The maximum absolute atomic E-state index is 4.17. The molecule has 1 atom stereocenters. The van der Waals surface area contributed by atoms with E-state index in [0.717, 1.165) is 5.69 Å². The van der Waals surface area contributed by atoms with Gasteiger partial charge in [-0.25, -0.2) is 0 Å². The molecule has 0 radical (unpaired) electrons. The van der Waals surface area contributed by atoms with Crippen LogP contribution in [0.15, 0.2) is 36.5 Å². The molecule has 1 unspecified atom stereocenters. The van der Waals surface area contributed by atoms with Crippen LogP contribution >= 0.6 is 0 Å². The highest BCUT2D eigenvalue weighted by molar-refractivity contribution is 5.59. The molecular formula is C13H17N3. The topological polar surface area (TPSA) is 29.9 Å². The predicted molar refractivity (Wildman–Crippen MR) is 66.1 cm³/mol. The van der Waals surface area contributed by atoms with Crippen molar-refractivity contribution in [2.75, 3.05) is 7.05 Å². The van der Waals surface area contributed by atoms with Crippen LogP contribution in [-0.2, 0) is 7.05 Å². The first-order valence-corrected chi connectivity index (χ1v) is 5.48. The highest BCUT2D eigenvalue weighted by Crippen LogP contribution is 2.20. The summed E-state index contributed by atoms with van der Waals surface area (Å²) in [6, 6.07) is 11.0. The first kappa shape index (κ1) is 10.9. The summed E-state index contributed by atoms with van der Waals surface area (Å²) in [6.45, 7) is 2.15. The summed E-state index contributed by atoms with van der Waals surface area (Å²) in [5.74, 6) is 0. The lowest BCUT2D eigenvalue weighted by molar-refractivity contribution is 0.652. The Morgan fingerprint density at radius 2 is 1.88 bits per heavy atom. The van der Waals surface area contributed by atoms with Crippen LogP contribution in [0.4, 0.5) is 0 Å². The first-order chi connectivity index (χ1) is 7.72. The third-order valence-corrected chi connectivity index (χ3v) is 2.96. The fourth-order valence-electron chi connectivity index (χ4n) is 1.77. The molecule has 84 valence electrons. The molecule has 16 heavy (non-hydrogen) atoms. The van der Waals surface area contributed by atoms with Gasteiger partial charge < -0.3 is 5.32 Å². The Bertz CT molecular complexity index is 456. The fraction of sp³-hybridized carbons (Fsp3) is 0.308. The predicted octanol–water partition coefficient (Wildman–Crippen LogP) is 2.37. The summed E-state index contributed by atoms with van der Waals surface area (Å²) >= 11 is 0. The van der Waals surface area contributed by atoms with E-state index in [1.165, 1.54) is 11.1 Å². The van der Waals surface area contributed by atoms with E-state index in [2.05, 4.69) is 41.6 Å². The van der Waals surface area contributed by atoms with Gasteiger partial charge in [0.25, 0.3) is 0 Å². The van der Waals surface area contributed by atoms with Gasteiger partial charge in [0.1, 0.15) is 0 Å². The van der Waals surface area contributed by atoms with Crippen molar-refractivity contribution in [3.8, 4) is 11.3 Å². The summed E-state index contributed by atoms with van der Waals surface area (Å²) in [5.41, 5.74) is 3.64. The SMILES string of the molecule is CNC(C)c1ccc(-c2ccnn2C)cc1. The molecule has 0 spiro atoms. The van der Waals surface area contributed by atoms with Gasteiger partial charge in [0.05, 0.1) is 5.69 Å². The molecule has 1 aromatic heterocycles. The van der Waals surface area contributed by atoms with Crippen LogP contribution in [0.2, 0.25) is 0 Å². The summed E-state index contributed by atoms with van der Waals surface area (Å²) in [5, 5.41) is 7.40. The Labute approximate surface area is 96.1 Å². The quantitative estimate of drug-likeness (QED) is 0.851. The molecule has 1 aromatic carbocycles. The number of hydrogen-bond acceptors (Lipinski definition) is 2. The van der Waals surface area contributed by atoms with E-state index >= 15 is 0 Å². The Balaban J connectivity index is 2.30. The third kappa shape index (κ3) is 1.99. The standard InChI is InChI=1S/C13H17N3/c1-10(14-2)11-4-6-12(7-5-11)13-8-9-15-16(13)3/h4-10,14H,1-3H3. The molecular weight excluding hydrogens is 198 g/mol. The van der Waals surface area contributed by atoms with Crippen LogP contribution in [0, 0.1) is 0 Å². The molecule has 1 N–H and O–H groups in total. The van der Waals surface area contributed by atoms with Gasteiger partial charge in [0, 0.05) is 19.3 Å². The molecule has 3 heteroatoms. The van der Waals surface area contributed by atoms with Crippen LogP contribution in [0.3, 0.4) is 0 Å². The Morgan fingerprint density at radius 1 is 1.19 bits per heavy atom. The van der Waals surface area contributed by atoms with E-state index in [1.54, 1.807) is 0 Å². The van der Waals surface area contributed by atoms with E-state index in [4.69, 9.17) is 0 Å². The zero-order valence-electron chi connectivity index (χ0n) is 9.94. The van der Waals surface area contributed by atoms with Crippen LogP contribution in [0.1, 0.15) is 18.5 Å². The number of aryl methyl sites for hydroxylation is 1. The zero-order valence-corrected chi connectivity index (χ0v) is 9.94. The molecule has 2 aromatic rings. The van der Waals surface area contributed by atoms with Crippen molar-refractivity contribution in [2.45, 2.75) is 13.0 Å². The van der Waals surface area contributed by atoms with E-state index in [1.807, 2.05) is 31.0 Å². The second-order valence-electron chi connectivity index (χ2n) is 3.97. The Kier molecular flexibility index (Phi) is 3.06. The lowest BCUT2D eigenvalue weighted by Crippen LogP contribution is -2.11. The maximum Gasteiger partial charge on any atom is 0.0678 e. The highest BCUT2D eigenvalue weighted by atomic mass is 15.2. The number of aromatic nitrogens is 2. The Hall–Kier alpha value is -1.61. The minimum atomic E-state index is 0.389. The van der Waals surface area contributed by atoms with Gasteiger partial charge in [-0.1, -0.05) is 24.3 Å². The summed E-state index contributed by atoms with van der Waals surface area (Å²) < 4.78 is 1.89. The van der Waals surface area contributed by atoms with Crippen molar-refractivity contribution in [1.29, 1.82) is 0 Å². The van der Waals surface area contributed by atoms with E-state index in [0.29, 0.717) is 6.04 Å². The number of benzene rings is 1. The lowest BCUT2D eigenvalue weighted by atomic mass is 10.0. The summed E-state index contributed by atoms with van der Waals surface area (Å²) in [6.07, 6.45) is 1.82. The van der Waals surface area contributed by atoms with Crippen molar-refractivity contribution in [1.82, 2.24) is 15.1 Å². The van der Waals surface area contributed by atoms with E-state index in [9.17, 15) is 0 Å². The van der Waals surface area contributed by atoms with Crippen LogP contribution < -0.4 is 5.32 Å². The molecule has 1 heterocycles. The summed E-state index contributed by atoms with van der Waals surface area (Å²) in [7, 11) is 3.93. The maximum atomic E-state index is 4.17. The molecule has 0 bridgehead atoms. The molecule has 0 aliphatic heterocycles. The van der Waals surface area contributed by atoms with Crippen LogP contribution in [0.5, 0.6) is 0 Å². The van der Waals surface area contributed by atoms with Gasteiger partial charge in [-0.3, -0.25) is 4.68 Å². The minimum Gasteiger partial charge on any atom is -0.313 e. The van der Waals surface area contributed by atoms with Crippen molar-refractivity contribution < 1.29 is 0 Å². The number of nitrogens with zero attached hydrogens (tertiary/aromatic N) is 2. The second kappa shape index (κ2) is 4.49. The second-order valence-corrected chi connectivity index (χ2v) is 3.97. The monoisotopic (exact) mass is 215 g/mol. The molecule has 0 fully saturated rings. The summed E-state index contributed by atoms with van der Waals surface area (Å²) in [4.78, 5) is 0. The molecule has 0 aliphatic rings. The van der Waals surface area contributed by atoms with Gasteiger partial charge >= 0.3 is 0 Å². The van der Waals surface area contributed by atoms with Gasteiger partial charge in [0.15, 0.2) is 0 Å². The van der Waals surface area contributed by atoms with E-state index < -0.39 is 0 Å². The normalized spacial score (nSPS) is 12.7. The van der Waals surface area contributed by atoms with Gasteiger partial charge in [-0.05, 0) is 31.2 Å². The van der Waals surface area contributed by atoms with Crippen molar-refractivity contribution in [2.24, 2.45) is 7.05 Å². The average Bonchev–Trinajstić information content (AvgIpc) is 2.75. The number of nitrogens with one attached hydrogen (secondary N) is 1. The minimum absolute atomic E-state index is 0.389. The van der Waals surface area contributed by atoms with Crippen molar-refractivity contribution in [3.63, 3.8) is 0 Å². The Morgan fingerprint density at radius 3 is 2.38 bits per heavy atom. The molecule has 3 nitrogen and oxygen atoms in total. The molecule has 0 saturated heterocycles. The zero-order chi connectivity index (χ0) is 11.5. The molecule has 0 saturated carbocycles. The van der Waals surface area contributed by atoms with Gasteiger partial charge in [0.2, 0.25) is 0 Å². The fourth-order valence-corrected chi connectivity index (χ4v) is 1.77. The average molecular weight is 215 g/mol. The number of rotatable bonds is 3. The first-order valence-electron chi connectivity index (χ1n) is 5.48. The van der Waals surface area contributed by atoms with Crippen molar-refractivity contribution >= 4 is 0 Å². The van der Waals surface area contributed by atoms with Crippen LogP contribution in [-0.4, -0.2) is 16.8 Å².